The van der Waals surface area contributed by atoms with E-state index in [0.29, 0.717) is 0 Å². The van der Waals surface area contributed by atoms with Crippen molar-refractivity contribution in [1.82, 2.24) is 15.1 Å². The summed E-state index contributed by atoms with van der Waals surface area (Å²) >= 11 is 5.92. The van der Waals surface area contributed by atoms with E-state index >= 15 is 0 Å². The van der Waals surface area contributed by atoms with Gasteiger partial charge in [-0.15, -0.1) is 0 Å². The molecule has 1 heterocycles. The second kappa shape index (κ2) is 6.03. The van der Waals surface area contributed by atoms with Crippen LogP contribution in [-0.2, 0) is 13.0 Å². The summed E-state index contributed by atoms with van der Waals surface area (Å²) in [6.45, 7) is 3.03. The molecular weight excluding hydrogens is 246 g/mol. The van der Waals surface area contributed by atoms with Crippen LogP contribution >= 0.6 is 11.6 Å². The molecule has 0 spiro atoms. The largest absolute Gasteiger partial charge is 0.316 e. The molecule has 0 saturated carbocycles. The van der Waals surface area contributed by atoms with Gasteiger partial charge in [0.15, 0.2) is 0 Å². The molecule has 3 nitrogen and oxygen atoms in total. The first-order chi connectivity index (χ1) is 8.76. The SMILES string of the molecule is CCCc1c(CNC)cnn1-c1ccc(Cl)cc1. The number of aromatic nitrogens is 2. The molecule has 0 amide bonds. The highest BCUT2D eigenvalue weighted by Gasteiger charge is 2.10. The molecule has 96 valence electrons. The van der Waals surface area contributed by atoms with Gasteiger partial charge in [-0.3, -0.25) is 0 Å². The van der Waals surface area contributed by atoms with Crippen molar-refractivity contribution < 1.29 is 0 Å². The summed E-state index contributed by atoms with van der Waals surface area (Å²) < 4.78 is 2.01. The average Bonchev–Trinajstić information content (AvgIpc) is 2.75. The van der Waals surface area contributed by atoms with Crippen molar-refractivity contribution in [2.24, 2.45) is 0 Å². The maximum absolute atomic E-state index is 5.92. The molecule has 1 N–H and O–H groups in total. The van der Waals surface area contributed by atoms with Crippen LogP contribution in [0.5, 0.6) is 0 Å². The average molecular weight is 264 g/mol. The Balaban J connectivity index is 2.40. The van der Waals surface area contributed by atoms with Gasteiger partial charge in [-0.25, -0.2) is 4.68 Å². The lowest BCUT2D eigenvalue weighted by molar-refractivity contribution is 0.750. The van der Waals surface area contributed by atoms with Crippen molar-refractivity contribution in [1.29, 1.82) is 0 Å². The van der Waals surface area contributed by atoms with Crippen LogP contribution in [0.1, 0.15) is 24.6 Å². The van der Waals surface area contributed by atoms with Crippen molar-refractivity contribution >= 4 is 11.6 Å². The third-order valence-corrected chi connectivity index (χ3v) is 3.13. The fraction of sp³-hybridized carbons (Fsp3) is 0.357. The first kappa shape index (κ1) is 13.1. The molecule has 0 atom stereocenters. The van der Waals surface area contributed by atoms with E-state index in [4.69, 9.17) is 11.6 Å². The fourth-order valence-corrected chi connectivity index (χ4v) is 2.18. The van der Waals surface area contributed by atoms with Gasteiger partial charge in [-0.2, -0.15) is 5.10 Å². The third kappa shape index (κ3) is 2.74. The quantitative estimate of drug-likeness (QED) is 0.898. The second-order valence-corrected chi connectivity index (χ2v) is 4.72. The lowest BCUT2D eigenvalue weighted by atomic mass is 10.1. The van der Waals surface area contributed by atoms with Crippen LogP contribution in [0.4, 0.5) is 0 Å². The molecular formula is C14H18ClN3. The molecule has 0 radical (unpaired) electrons. The Morgan fingerprint density at radius 2 is 2.00 bits per heavy atom. The Kier molecular flexibility index (Phi) is 4.39. The molecule has 0 bridgehead atoms. The topological polar surface area (TPSA) is 29.9 Å². The van der Waals surface area contributed by atoms with Gasteiger partial charge in [-0.05, 0) is 37.7 Å². The lowest BCUT2D eigenvalue weighted by Crippen LogP contribution is -2.09. The molecule has 1 aromatic heterocycles. The van der Waals surface area contributed by atoms with Gasteiger partial charge in [0.25, 0.3) is 0 Å². The van der Waals surface area contributed by atoms with Crippen LogP contribution in [0, 0.1) is 0 Å². The Bertz CT molecular complexity index is 502. The van der Waals surface area contributed by atoms with Crippen LogP contribution in [-0.4, -0.2) is 16.8 Å². The Morgan fingerprint density at radius 1 is 1.28 bits per heavy atom. The van der Waals surface area contributed by atoms with Gasteiger partial charge in [0, 0.05) is 22.8 Å². The molecule has 18 heavy (non-hydrogen) atoms. The molecule has 0 aliphatic heterocycles. The molecule has 0 aliphatic carbocycles. The third-order valence-electron chi connectivity index (χ3n) is 2.88. The minimum absolute atomic E-state index is 0.749. The first-order valence-electron chi connectivity index (χ1n) is 6.22. The Labute approximate surface area is 113 Å². The van der Waals surface area contributed by atoms with E-state index in [1.54, 1.807) is 0 Å². The van der Waals surface area contributed by atoms with Gasteiger partial charge in [-0.1, -0.05) is 24.9 Å². The minimum atomic E-state index is 0.749. The zero-order valence-electron chi connectivity index (χ0n) is 10.8. The molecule has 1 aromatic carbocycles. The molecule has 0 aliphatic rings. The number of halogens is 1. The van der Waals surface area contributed by atoms with Crippen molar-refractivity contribution in [3.63, 3.8) is 0 Å². The summed E-state index contributed by atoms with van der Waals surface area (Å²) in [4.78, 5) is 0. The maximum Gasteiger partial charge on any atom is 0.0649 e. The molecule has 0 fully saturated rings. The molecule has 2 rings (SSSR count). The van der Waals surface area contributed by atoms with E-state index in [2.05, 4.69) is 17.3 Å². The molecule has 2 aromatic rings. The van der Waals surface area contributed by atoms with Crippen LogP contribution in [0.2, 0.25) is 5.02 Å². The van der Waals surface area contributed by atoms with Crippen LogP contribution in [0.25, 0.3) is 5.69 Å². The minimum Gasteiger partial charge on any atom is -0.316 e. The van der Waals surface area contributed by atoms with Gasteiger partial charge >= 0.3 is 0 Å². The molecule has 0 saturated heterocycles. The van der Waals surface area contributed by atoms with E-state index in [-0.39, 0.29) is 0 Å². The van der Waals surface area contributed by atoms with E-state index in [0.717, 1.165) is 30.1 Å². The van der Waals surface area contributed by atoms with Crippen LogP contribution < -0.4 is 5.32 Å². The second-order valence-electron chi connectivity index (χ2n) is 4.29. The summed E-state index contributed by atoms with van der Waals surface area (Å²) in [6, 6.07) is 7.79. The number of nitrogens with one attached hydrogen (secondary N) is 1. The summed E-state index contributed by atoms with van der Waals surface area (Å²) in [5.74, 6) is 0. The first-order valence-corrected chi connectivity index (χ1v) is 6.60. The normalized spacial score (nSPS) is 10.8. The highest BCUT2D eigenvalue weighted by atomic mass is 35.5. The van der Waals surface area contributed by atoms with Crippen molar-refractivity contribution in [2.45, 2.75) is 26.3 Å². The van der Waals surface area contributed by atoms with E-state index in [9.17, 15) is 0 Å². The number of nitrogens with zero attached hydrogens (tertiary/aromatic N) is 2. The fourth-order valence-electron chi connectivity index (χ4n) is 2.05. The maximum atomic E-state index is 5.92. The number of hydrogen-bond acceptors (Lipinski definition) is 2. The number of benzene rings is 1. The highest BCUT2D eigenvalue weighted by molar-refractivity contribution is 6.30. The predicted octanol–water partition coefficient (Wildman–Crippen LogP) is 3.20. The summed E-state index contributed by atoms with van der Waals surface area (Å²) in [7, 11) is 1.95. The number of rotatable bonds is 5. The smallest absolute Gasteiger partial charge is 0.0649 e. The monoisotopic (exact) mass is 263 g/mol. The van der Waals surface area contributed by atoms with Crippen LogP contribution in [0.3, 0.4) is 0 Å². The standard InChI is InChI=1S/C14H18ClN3/c1-3-4-14-11(9-16-2)10-17-18(14)13-7-5-12(15)6-8-13/h5-8,10,16H,3-4,9H2,1-2H3. The van der Waals surface area contributed by atoms with E-state index in [1.807, 2.05) is 42.2 Å². The Morgan fingerprint density at radius 3 is 2.61 bits per heavy atom. The van der Waals surface area contributed by atoms with Crippen molar-refractivity contribution in [2.75, 3.05) is 7.05 Å². The predicted molar refractivity (Wildman–Crippen MR) is 75.3 cm³/mol. The number of hydrogen-bond donors (Lipinski definition) is 1. The molecule has 0 unspecified atom stereocenters. The van der Waals surface area contributed by atoms with Gasteiger partial charge in [0.1, 0.15) is 0 Å². The van der Waals surface area contributed by atoms with Crippen LogP contribution in [0.15, 0.2) is 30.5 Å². The summed E-state index contributed by atoms with van der Waals surface area (Å²) in [6.07, 6.45) is 4.08. The van der Waals surface area contributed by atoms with E-state index < -0.39 is 0 Å². The summed E-state index contributed by atoms with van der Waals surface area (Å²) in [5, 5.41) is 8.42. The summed E-state index contributed by atoms with van der Waals surface area (Å²) in [5.41, 5.74) is 3.59. The van der Waals surface area contributed by atoms with E-state index in [1.165, 1.54) is 11.3 Å². The van der Waals surface area contributed by atoms with Gasteiger partial charge in [0.05, 0.1) is 11.9 Å². The zero-order chi connectivity index (χ0) is 13.0. The lowest BCUT2D eigenvalue weighted by Gasteiger charge is -2.09. The highest BCUT2D eigenvalue weighted by Crippen LogP contribution is 2.18. The van der Waals surface area contributed by atoms with Gasteiger partial charge < -0.3 is 5.32 Å². The van der Waals surface area contributed by atoms with Gasteiger partial charge in [0.2, 0.25) is 0 Å². The molecule has 4 heteroatoms. The van der Waals surface area contributed by atoms with Crippen molar-refractivity contribution in [3.05, 3.63) is 46.7 Å². The zero-order valence-corrected chi connectivity index (χ0v) is 11.5. The Hall–Kier alpha value is -1.32. The van der Waals surface area contributed by atoms with Crippen molar-refractivity contribution in [3.8, 4) is 5.69 Å².